The number of benzene rings is 3. The van der Waals surface area contributed by atoms with Gasteiger partial charge in [0, 0.05) is 54.4 Å². The number of aryl methyl sites for hydroxylation is 1. The Hall–Kier alpha value is -3.84. The van der Waals surface area contributed by atoms with Crippen molar-refractivity contribution < 1.29 is 9.53 Å². The van der Waals surface area contributed by atoms with Crippen LogP contribution in [0, 0.1) is 0 Å². The molecule has 176 valence electrons. The fourth-order valence-electron chi connectivity index (χ4n) is 4.09. The van der Waals surface area contributed by atoms with Crippen LogP contribution in [-0.4, -0.2) is 45.2 Å². The van der Waals surface area contributed by atoms with E-state index < -0.39 is 0 Å². The lowest BCUT2D eigenvalue weighted by molar-refractivity contribution is 0.0772. The molecule has 0 spiro atoms. The molecule has 4 aromatic rings. The number of para-hydroxylation sites is 2. The van der Waals surface area contributed by atoms with Gasteiger partial charge in [-0.3, -0.25) is 9.59 Å². The first-order chi connectivity index (χ1) is 17.1. The maximum absolute atomic E-state index is 13.1. The van der Waals surface area contributed by atoms with Gasteiger partial charge in [0.05, 0.1) is 0 Å². The number of aromatic nitrogens is 2. The number of nitrogens with zero attached hydrogens (tertiary/aromatic N) is 3. The molecule has 1 aromatic heterocycles. The molecule has 35 heavy (non-hydrogen) atoms. The van der Waals surface area contributed by atoms with E-state index in [2.05, 4.69) is 5.10 Å². The van der Waals surface area contributed by atoms with E-state index in [1.165, 1.54) is 4.68 Å². The third-order valence-electron chi connectivity index (χ3n) is 5.92. The number of rotatable bonds is 5. The molecule has 0 unspecified atom stereocenters. The minimum Gasteiger partial charge on any atom is -0.457 e. The molecule has 0 saturated carbocycles. The van der Waals surface area contributed by atoms with E-state index in [-0.39, 0.29) is 11.5 Å². The quantitative estimate of drug-likeness (QED) is 0.395. The largest absolute Gasteiger partial charge is 0.457 e. The standard InChI is InChI=1S/C28H25N3O3S/c1-30-26(32)19-24(20-8-7-9-21(18-20)28(33)31-14-16-35-17-15-31)27(29-30)23-12-5-6-13-25(23)34-22-10-3-2-4-11-22/h2-13,18-19H,14-17H2,1H3. The Bertz CT molecular complexity index is 1410. The topological polar surface area (TPSA) is 64.4 Å². The summed E-state index contributed by atoms with van der Waals surface area (Å²) in [5.41, 5.74) is 3.16. The Morgan fingerprint density at radius 1 is 0.886 bits per heavy atom. The van der Waals surface area contributed by atoms with Crippen LogP contribution in [0.1, 0.15) is 10.4 Å². The third kappa shape index (κ3) is 5.00. The third-order valence-corrected chi connectivity index (χ3v) is 6.87. The Kier molecular flexibility index (Phi) is 6.68. The molecular weight excluding hydrogens is 458 g/mol. The molecule has 0 N–H and O–H groups in total. The number of carbonyl (C=O) groups is 1. The average molecular weight is 484 g/mol. The monoisotopic (exact) mass is 483 g/mol. The lowest BCUT2D eigenvalue weighted by Crippen LogP contribution is -2.37. The van der Waals surface area contributed by atoms with Gasteiger partial charge in [-0.15, -0.1) is 0 Å². The highest BCUT2D eigenvalue weighted by Crippen LogP contribution is 2.37. The van der Waals surface area contributed by atoms with Crippen LogP contribution in [-0.2, 0) is 7.05 Å². The molecule has 0 radical (unpaired) electrons. The van der Waals surface area contributed by atoms with E-state index in [0.29, 0.717) is 28.3 Å². The molecule has 1 fully saturated rings. The van der Waals surface area contributed by atoms with Crippen molar-refractivity contribution in [3.8, 4) is 33.9 Å². The second-order valence-electron chi connectivity index (χ2n) is 8.27. The highest BCUT2D eigenvalue weighted by atomic mass is 32.2. The number of hydrogen-bond acceptors (Lipinski definition) is 5. The summed E-state index contributed by atoms with van der Waals surface area (Å²) in [7, 11) is 1.63. The maximum Gasteiger partial charge on any atom is 0.267 e. The lowest BCUT2D eigenvalue weighted by Gasteiger charge is -2.26. The molecule has 0 atom stereocenters. The van der Waals surface area contributed by atoms with Gasteiger partial charge in [-0.25, -0.2) is 4.68 Å². The van der Waals surface area contributed by atoms with Gasteiger partial charge in [0.2, 0.25) is 0 Å². The Morgan fingerprint density at radius 3 is 2.43 bits per heavy atom. The van der Waals surface area contributed by atoms with Crippen LogP contribution in [0.4, 0.5) is 0 Å². The fraction of sp³-hybridized carbons (Fsp3) is 0.179. The lowest BCUT2D eigenvalue weighted by atomic mass is 9.97. The second kappa shape index (κ2) is 10.2. The van der Waals surface area contributed by atoms with Crippen molar-refractivity contribution in [3.05, 3.63) is 101 Å². The summed E-state index contributed by atoms with van der Waals surface area (Å²) in [5.74, 6) is 3.25. The summed E-state index contributed by atoms with van der Waals surface area (Å²) in [6.45, 7) is 1.49. The van der Waals surface area contributed by atoms with Gasteiger partial charge in [0.25, 0.3) is 11.5 Å². The molecule has 6 nitrogen and oxygen atoms in total. The van der Waals surface area contributed by atoms with Gasteiger partial charge in [0.1, 0.15) is 17.2 Å². The van der Waals surface area contributed by atoms with E-state index in [1.807, 2.05) is 95.5 Å². The van der Waals surface area contributed by atoms with Crippen LogP contribution >= 0.6 is 11.8 Å². The van der Waals surface area contributed by atoms with Gasteiger partial charge in [-0.1, -0.05) is 42.5 Å². The highest BCUT2D eigenvalue weighted by Gasteiger charge is 2.21. The van der Waals surface area contributed by atoms with Gasteiger partial charge in [-0.05, 0) is 42.0 Å². The van der Waals surface area contributed by atoms with Crippen LogP contribution in [0.25, 0.3) is 22.4 Å². The second-order valence-corrected chi connectivity index (χ2v) is 9.49. The van der Waals surface area contributed by atoms with Gasteiger partial charge >= 0.3 is 0 Å². The Labute approximate surface area is 208 Å². The molecule has 2 heterocycles. The van der Waals surface area contributed by atoms with Gasteiger partial charge in [0.15, 0.2) is 0 Å². The molecule has 3 aromatic carbocycles. The molecule has 1 saturated heterocycles. The normalized spacial score (nSPS) is 13.5. The zero-order chi connectivity index (χ0) is 24.2. The molecule has 0 aliphatic carbocycles. The number of carbonyl (C=O) groups excluding carboxylic acids is 1. The Morgan fingerprint density at radius 2 is 1.63 bits per heavy atom. The molecule has 7 heteroatoms. The summed E-state index contributed by atoms with van der Waals surface area (Å²) in [6, 6.07) is 26.2. The molecule has 1 aliphatic heterocycles. The van der Waals surface area contributed by atoms with Crippen molar-refractivity contribution in [3.63, 3.8) is 0 Å². The first-order valence-electron chi connectivity index (χ1n) is 11.5. The summed E-state index contributed by atoms with van der Waals surface area (Å²) >= 11 is 1.86. The van der Waals surface area contributed by atoms with Crippen molar-refractivity contribution in [1.82, 2.24) is 14.7 Å². The van der Waals surface area contributed by atoms with Crippen molar-refractivity contribution in [2.24, 2.45) is 7.05 Å². The van der Waals surface area contributed by atoms with Crippen LogP contribution < -0.4 is 10.3 Å². The van der Waals surface area contributed by atoms with Crippen LogP contribution in [0.15, 0.2) is 89.7 Å². The van der Waals surface area contributed by atoms with E-state index >= 15 is 0 Å². The zero-order valence-electron chi connectivity index (χ0n) is 19.4. The average Bonchev–Trinajstić information content (AvgIpc) is 2.91. The van der Waals surface area contributed by atoms with Gasteiger partial charge < -0.3 is 9.64 Å². The Balaban J connectivity index is 1.59. The summed E-state index contributed by atoms with van der Waals surface area (Å²) < 4.78 is 7.49. The number of amides is 1. The fourth-order valence-corrected chi connectivity index (χ4v) is 5.00. The van der Waals surface area contributed by atoms with E-state index in [9.17, 15) is 9.59 Å². The summed E-state index contributed by atoms with van der Waals surface area (Å²) in [6.07, 6.45) is 0. The van der Waals surface area contributed by atoms with Crippen LogP contribution in [0.3, 0.4) is 0 Å². The van der Waals surface area contributed by atoms with Crippen molar-refractivity contribution >= 4 is 17.7 Å². The van der Waals surface area contributed by atoms with Gasteiger partial charge in [-0.2, -0.15) is 16.9 Å². The molecule has 1 aliphatic rings. The predicted molar refractivity (Wildman–Crippen MR) is 140 cm³/mol. The first-order valence-corrected chi connectivity index (χ1v) is 12.6. The number of hydrogen-bond donors (Lipinski definition) is 0. The molecule has 1 amide bonds. The van der Waals surface area contributed by atoms with E-state index in [0.717, 1.165) is 35.7 Å². The maximum atomic E-state index is 13.1. The molecule has 0 bridgehead atoms. The predicted octanol–water partition coefficient (Wildman–Crippen LogP) is 5.10. The minimum atomic E-state index is -0.227. The number of thioether (sulfide) groups is 1. The number of ether oxygens (including phenoxy) is 1. The summed E-state index contributed by atoms with van der Waals surface area (Å²) in [5, 5.41) is 4.61. The molecule has 5 rings (SSSR count). The first kappa shape index (κ1) is 22.9. The highest BCUT2D eigenvalue weighted by molar-refractivity contribution is 7.99. The van der Waals surface area contributed by atoms with Crippen molar-refractivity contribution in [2.45, 2.75) is 0 Å². The zero-order valence-corrected chi connectivity index (χ0v) is 20.2. The minimum absolute atomic E-state index is 0.0123. The van der Waals surface area contributed by atoms with Crippen LogP contribution in [0.5, 0.6) is 11.5 Å². The van der Waals surface area contributed by atoms with Crippen molar-refractivity contribution in [2.75, 3.05) is 24.6 Å². The summed E-state index contributed by atoms with van der Waals surface area (Å²) in [4.78, 5) is 27.7. The van der Waals surface area contributed by atoms with E-state index in [1.54, 1.807) is 13.1 Å². The SMILES string of the molecule is Cn1nc(-c2ccccc2Oc2ccccc2)c(-c2cccc(C(=O)N3CCSCC3)c2)cc1=O. The van der Waals surface area contributed by atoms with Crippen LogP contribution in [0.2, 0.25) is 0 Å². The van der Waals surface area contributed by atoms with E-state index in [4.69, 9.17) is 4.74 Å². The van der Waals surface area contributed by atoms with Crippen molar-refractivity contribution in [1.29, 1.82) is 0 Å². The molecular formula is C28H25N3O3S. The smallest absolute Gasteiger partial charge is 0.267 e.